The van der Waals surface area contributed by atoms with Crippen LogP contribution >= 0.6 is 0 Å². The Morgan fingerprint density at radius 1 is 1.24 bits per heavy atom. The van der Waals surface area contributed by atoms with Gasteiger partial charge in [0.2, 0.25) is 0 Å². The van der Waals surface area contributed by atoms with E-state index in [9.17, 15) is 9.59 Å². The van der Waals surface area contributed by atoms with Crippen molar-refractivity contribution in [2.75, 3.05) is 39.8 Å². The lowest BCUT2D eigenvalue weighted by Crippen LogP contribution is -2.53. The molecule has 0 aliphatic carbocycles. The fourth-order valence-electron chi connectivity index (χ4n) is 2.39. The van der Waals surface area contributed by atoms with Crippen LogP contribution in [0.25, 0.3) is 0 Å². The minimum absolute atomic E-state index is 0.0496. The van der Waals surface area contributed by atoms with Gasteiger partial charge >= 0.3 is 6.03 Å². The van der Waals surface area contributed by atoms with E-state index in [2.05, 4.69) is 6.92 Å². The molecule has 0 aromatic carbocycles. The first-order valence-electron chi connectivity index (χ1n) is 7.46. The predicted octanol–water partition coefficient (Wildman–Crippen LogP) is 1.89. The number of piperazine rings is 1. The van der Waals surface area contributed by atoms with E-state index in [1.54, 1.807) is 21.9 Å². The minimum Gasteiger partial charge on any atom is -0.459 e. The standard InChI is InChI=1S/C15H23N3O3/c1-3-4-7-16(2)15(20)18-10-8-17(9-11-18)14(19)13-6-5-12-21-13/h5-6,12H,3-4,7-11H2,1-2H3. The van der Waals surface area contributed by atoms with E-state index in [0.717, 1.165) is 19.4 Å². The van der Waals surface area contributed by atoms with Crippen LogP contribution < -0.4 is 0 Å². The molecule has 6 heteroatoms. The number of hydrogen-bond donors (Lipinski definition) is 0. The number of carbonyl (C=O) groups is 2. The topological polar surface area (TPSA) is 57.0 Å². The molecule has 2 rings (SSSR count). The smallest absolute Gasteiger partial charge is 0.319 e. The fourth-order valence-corrected chi connectivity index (χ4v) is 2.39. The molecule has 1 saturated heterocycles. The monoisotopic (exact) mass is 293 g/mol. The maximum absolute atomic E-state index is 12.2. The molecule has 21 heavy (non-hydrogen) atoms. The van der Waals surface area contributed by atoms with Gasteiger partial charge < -0.3 is 19.1 Å². The second kappa shape index (κ2) is 7.15. The van der Waals surface area contributed by atoms with Gasteiger partial charge in [0, 0.05) is 39.8 Å². The van der Waals surface area contributed by atoms with Gasteiger partial charge in [-0.05, 0) is 18.6 Å². The van der Waals surface area contributed by atoms with E-state index in [1.807, 2.05) is 11.9 Å². The molecule has 116 valence electrons. The fraction of sp³-hybridized carbons (Fsp3) is 0.600. The lowest BCUT2D eigenvalue weighted by molar-refractivity contribution is 0.0615. The maximum atomic E-state index is 12.2. The van der Waals surface area contributed by atoms with Crippen molar-refractivity contribution in [1.82, 2.24) is 14.7 Å². The molecule has 0 bridgehead atoms. The molecule has 1 aromatic heterocycles. The molecular formula is C15H23N3O3. The van der Waals surface area contributed by atoms with Gasteiger partial charge in [0.15, 0.2) is 5.76 Å². The summed E-state index contributed by atoms with van der Waals surface area (Å²) in [4.78, 5) is 29.7. The van der Waals surface area contributed by atoms with Crippen LogP contribution in [0.2, 0.25) is 0 Å². The third kappa shape index (κ3) is 3.77. The van der Waals surface area contributed by atoms with Gasteiger partial charge in [-0.3, -0.25) is 4.79 Å². The van der Waals surface area contributed by atoms with Crippen molar-refractivity contribution in [2.45, 2.75) is 19.8 Å². The van der Waals surface area contributed by atoms with E-state index in [0.29, 0.717) is 31.9 Å². The summed E-state index contributed by atoms with van der Waals surface area (Å²) in [5.74, 6) is 0.251. The number of urea groups is 1. The van der Waals surface area contributed by atoms with E-state index in [4.69, 9.17) is 4.42 Å². The van der Waals surface area contributed by atoms with Crippen molar-refractivity contribution < 1.29 is 14.0 Å². The van der Waals surface area contributed by atoms with Crippen molar-refractivity contribution in [3.05, 3.63) is 24.2 Å². The Hall–Kier alpha value is -1.98. The van der Waals surface area contributed by atoms with Crippen molar-refractivity contribution in [2.24, 2.45) is 0 Å². The summed E-state index contributed by atoms with van der Waals surface area (Å²) in [5.41, 5.74) is 0. The molecule has 0 unspecified atom stereocenters. The van der Waals surface area contributed by atoms with E-state index < -0.39 is 0 Å². The summed E-state index contributed by atoms with van der Waals surface area (Å²) in [6, 6.07) is 3.42. The average Bonchev–Trinajstić information content (AvgIpc) is 3.05. The molecule has 0 atom stereocenters. The number of nitrogens with zero attached hydrogens (tertiary/aromatic N) is 3. The molecule has 0 radical (unpaired) electrons. The lowest BCUT2D eigenvalue weighted by Gasteiger charge is -2.36. The van der Waals surface area contributed by atoms with E-state index >= 15 is 0 Å². The van der Waals surface area contributed by atoms with Crippen LogP contribution in [0.5, 0.6) is 0 Å². The number of furan rings is 1. The van der Waals surface area contributed by atoms with Crippen molar-refractivity contribution in [1.29, 1.82) is 0 Å². The van der Waals surface area contributed by atoms with Crippen LogP contribution in [0.4, 0.5) is 4.79 Å². The molecule has 1 fully saturated rings. The number of amides is 3. The average molecular weight is 293 g/mol. The number of unbranched alkanes of at least 4 members (excludes halogenated alkanes) is 1. The third-order valence-corrected chi connectivity index (χ3v) is 3.74. The molecule has 0 spiro atoms. The first-order valence-corrected chi connectivity index (χ1v) is 7.46. The molecule has 0 N–H and O–H groups in total. The van der Waals surface area contributed by atoms with Crippen molar-refractivity contribution in [3.8, 4) is 0 Å². The Morgan fingerprint density at radius 2 is 1.90 bits per heavy atom. The summed E-state index contributed by atoms with van der Waals surface area (Å²) in [5, 5.41) is 0. The molecule has 0 saturated carbocycles. The van der Waals surface area contributed by atoms with Crippen LogP contribution in [0, 0.1) is 0 Å². The zero-order valence-electron chi connectivity index (χ0n) is 12.7. The lowest BCUT2D eigenvalue weighted by atomic mass is 10.3. The summed E-state index contributed by atoms with van der Waals surface area (Å²) in [6.07, 6.45) is 3.58. The summed E-state index contributed by atoms with van der Waals surface area (Å²) in [7, 11) is 1.83. The molecule has 1 aromatic rings. The Balaban J connectivity index is 1.83. The highest BCUT2D eigenvalue weighted by Gasteiger charge is 2.27. The van der Waals surface area contributed by atoms with Crippen LogP contribution in [0.3, 0.4) is 0 Å². The van der Waals surface area contributed by atoms with Crippen molar-refractivity contribution >= 4 is 11.9 Å². The molecule has 3 amide bonds. The van der Waals surface area contributed by atoms with Crippen LogP contribution in [0.15, 0.2) is 22.8 Å². The van der Waals surface area contributed by atoms with Crippen molar-refractivity contribution in [3.63, 3.8) is 0 Å². The molecule has 1 aliphatic rings. The first-order chi connectivity index (χ1) is 10.1. The summed E-state index contributed by atoms with van der Waals surface area (Å²) >= 11 is 0. The normalized spacial score (nSPS) is 15.1. The van der Waals surface area contributed by atoms with Crippen LogP contribution in [-0.2, 0) is 0 Å². The van der Waals surface area contributed by atoms with Gasteiger partial charge in [0.25, 0.3) is 5.91 Å². The molecule has 6 nitrogen and oxygen atoms in total. The predicted molar refractivity (Wildman–Crippen MR) is 79.1 cm³/mol. The zero-order chi connectivity index (χ0) is 15.2. The van der Waals surface area contributed by atoms with E-state index in [-0.39, 0.29) is 11.9 Å². The highest BCUT2D eigenvalue weighted by molar-refractivity contribution is 5.91. The van der Waals surface area contributed by atoms with Gasteiger partial charge in [0.05, 0.1) is 6.26 Å². The third-order valence-electron chi connectivity index (χ3n) is 3.74. The van der Waals surface area contributed by atoms with Gasteiger partial charge in [-0.2, -0.15) is 0 Å². The number of carbonyl (C=O) groups excluding carboxylic acids is 2. The quantitative estimate of drug-likeness (QED) is 0.852. The van der Waals surface area contributed by atoms with Crippen LogP contribution in [-0.4, -0.2) is 66.4 Å². The molecular weight excluding hydrogens is 270 g/mol. The van der Waals surface area contributed by atoms with Gasteiger partial charge in [0.1, 0.15) is 0 Å². The zero-order valence-corrected chi connectivity index (χ0v) is 12.7. The Labute approximate surface area is 125 Å². The Kier molecular flexibility index (Phi) is 5.25. The van der Waals surface area contributed by atoms with Gasteiger partial charge in [-0.1, -0.05) is 13.3 Å². The highest BCUT2D eigenvalue weighted by Crippen LogP contribution is 2.10. The second-order valence-electron chi connectivity index (χ2n) is 5.31. The molecule has 2 heterocycles. The SMILES string of the molecule is CCCCN(C)C(=O)N1CCN(C(=O)c2ccco2)CC1. The van der Waals surface area contributed by atoms with Gasteiger partial charge in [-0.15, -0.1) is 0 Å². The van der Waals surface area contributed by atoms with Crippen LogP contribution in [0.1, 0.15) is 30.3 Å². The highest BCUT2D eigenvalue weighted by atomic mass is 16.3. The maximum Gasteiger partial charge on any atom is 0.319 e. The first kappa shape index (κ1) is 15.4. The van der Waals surface area contributed by atoms with E-state index in [1.165, 1.54) is 6.26 Å². The number of hydrogen-bond acceptors (Lipinski definition) is 3. The molecule has 1 aliphatic heterocycles. The Morgan fingerprint density at radius 3 is 2.48 bits per heavy atom. The number of rotatable bonds is 4. The summed E-state index contributed by atoms with van der Waals surface area (Å²) < 4.78 is 5.13. The second-order valence-corrected chi connectivity index (χ2v) is 5.31. The van der Waals surface area contributed by atoms with Gasteiger partial charge in [-0.25, -0.2) is 4.79 Å². The minimum atomic E-state index is -0.105. The largest absolute Gasteiger partial charge is 0.459 e. The summed E-state index contributed by atoms with van der Waals surface area (Å²) in [6.45, 7) is 5.13. The Bertz CT molecular complexity index is 465.